The maximum absolute atomic E-state index is 12.0. The SMILES string of the molecule is C#CCSCCN1C(=O)NC(=O)C(CCC)C1=O. The van der Waals surface area contributed by atoms with Crippen LogP contribution in [0.4, 0.5) is 4.79 Å². The van der Waals surface area contributed by atoms with Crippen molar-refractivity contribution in [2.24, 2.45) is 5.92 Å². The minimum atomic E-state index is -0.731. The van der Waals surface area contributed by atoms with Crippen LogP contribution in [0.1, 0.15) is 19.8 Å². The Morgan fingerprint density at radius 2 is 2.17 bits per heavy atom. The number of thioether (sulfide) groups is 1. The molecule has 1 unspecified atom stereocenters. The summed E-state index contributed by atoms with van der Waals surface area (Å²) in [5.41, 5.74) is 0. The molecule has 1 aliphatic rings. The molecule has 1 saturated heterocycles. The lowest BCUT2D eigenvalue weighted by molar-refractivity contribution is -0.142. The highest BCUT2D eigenvalue weighted by molar-refractivity contribution is 7.99. The second-order valence-electron chi connectivity index (χ2n) is 3.88. The number of nitrogens with one attached hydrogen (secondary N) is 1. The number of carbonyl (C=O) groups excluding carboxylic acids is 3. The van der Waals surface area contributed by atoms with Gasteiger partial charge in [-0.1, -0.05) is 19.3 Å². The van der Waals surface area contributed by atoms with E-state index in [9.17, 15) is 14.4 Å². The molecule has 1 aliphatic heterocycles. The first-order chi connectivity index (χ1) is 8.61. The summed E-state index contributed by atoms with van der Waals surface area (Å²) in [6, 6.07) is -0.626. The summed E-state index contributed by atoms with van der Waals surface area (Å²) in [6.07, 6.45) is 6.29. The molecule has 4 amide bonds. The zero-order valence-corrected chi connectivity index (χ0v) is 11.1. The van der Waals surface area contributed by atoms with Gasteiger partial charge in [0.25, 0.3) is 0 Å². The highest BCUT2D eigenvalue weighted by Crippen LogP contribution is 2.16. The minimum Gasteiger partial charge on any atom is -0.277 e. The Kier molecular flexibility index (Phi) is 5.72. The van der Waals surface area contributed by atoms with Gasteiger partial charge in [-0.25, -0.2) is 4.79 Å². The number of carbonyl (C=O) groups is 3. The molecule has 18 heavy (non-hydrogen) atoms. The smallest absolute Gasteiger partial charge is 0.277 e. The van der Waals surface area contributed by atoms with Gasteiger partial charge < -0.3 is 0 Å². The second kappa shape index (κ2) is 7.07. The van der Waals surface area contributed by atoms with Crippen LogP contribution in [0, 0.1) is 18.3 Å². The van der Waals surface area contributed by atoms with Gasteiger partial charge in [0, 0.05) is 12.3 Å². The Hall–Kier alpha value is -1.48. The lowest BCUT2D eigenvalue weighted by Gasteiger charge is -2.29. The van der Waals surface area contributed by atoms with Crippen LogP contribution in [0.3, 0.4) is 0 Å². The first kappa shape index (κ1) is 14.6. The van der Waals surface area contributed by atoms with Crippen molar-refractivity contribution in [3.8, 4) is 12.3 Å². The molecule has 1 N–H and O–H groups in total. The Bertz CT molecular complexity index is 389. The predicted molar refractivity (Wildman–Crippen MR) is 69.8 cm³/mol. The van der Waals surface area contributed by atoms with E-state index in [0.717, 1.165) is 11.3 Å². The minimum absolute atomic E-state index is 0.282. The molecule has 1 rings (SSSR count). The molecule has 1 heterocycles. The molecular weight excluding hydrogens is 252 g/mol. The molecule has 6 heteroatoms. The van der Waals surface area contributed by atoms with Gasteiger partial charge in [0.15, 0.2) is 0 Å². The maximum atomic E-state index is 12.0. The van der Waals surface area contributed by atoms with Crippen molar-refractivity contribution in [2.45, 2.75) is 19.8 Å². The van der Waals surface area contributed by atoms with E-state index >= 15 is 0 Å². The van der Waals surface area contributed by atoms with Crippen LogP contribution in [0.25, 0.3) is 0 Å². The number of urea groups is 1. The predicted octanol–water partition coefficient (Wildman–Crippen LogP) is 0.847. The second-order valence-corrected chi connectivity index (χ2v) is 4.99. The van der Waals surface area contributed by atoms with Crippen molar-refractivity contribution in [3.63, 3.8) is 0 Å². The van der Waals surface area contributed by atoms with Crippen molar-refractivity contribution in [2.75, 3.05) is 18.1 Å². The fourth-order valence-electron chi connectivity index (χ4n) is 1.70. The van der Waals surface area contributed by atoms with Crippen LogP contribution in [-0.2, 0) is 9.59 Å². The molecule has 1 fully saturated rings. The van der Waals surface area contributed by atoms with Crippen LogP contribution >= 0.6 is 11.8 Å². The van der Waals surface area contributed by atoms with E-state index in [2.05, 4.69) is 11.2 Å². The van der Waals surface area contributed by atoms with Gasteiger partial charge in [0.2, 0.25) is 11.8 Å². The largest absolute Gasteiger partial charge is 0.330 e. The highest BCUT2D eigenvalue weighted by Gasteiger charge is 2.39. The summed E-state index contributed by atoms with van der Waals surface area (Å²) in [5.74, 6) is 1.98. The van der Waals surface area contributed by atoms with Crippen molar-refractivity contribution >= 4 is 29.6 Å². The van der Waals surface area contributed by atoms with E-state index in [1.807, 2.05) is 6.92 Å². The monoisotopic (exact) mass is 268 g/mol. The molecule has 0 aromatic carbocycles. The Morgan fingerprint density at radius 3 is 2.78 bits per heavy atom. The van der Waals surface area contributed by atoms with Gasteiger partial charge in [-0.3, -0.25) is 19.8 Å². The van der Waals surface area contributed by atoms with E-state index in [0.29, 0.717) is 17.9 Å². The number of amides is 4. The van der Waals surface area contributed by atoms with E-state index < -0.39 is 23.8 Å². The molecule has 0 aromatic rings. The number of imide groups is 2. The Labute approximate surface area is 111 Å². The Morgan fingerprint density at radius 1 is 1.44 bits per heavy atom. The van der Waals surface area contributed by atoms with Crippen molar-refractivity contribution in [1.29, 1.82) is 0 Å². The van der Waals surface area contributed by atoms with Gasteiger partial charge >= 0.3 is 6.03 Å². The molecule has 0 saturated carbocycles. The summed E-state index contributed by atoms with van der Waals surface area (Å²) < 4.78 is 0. The fourth-order valence-corrected chi connectivity index (χ4v) is 2.28. The zero-order chi connectivity index (χ0) is 13.5. The van der Waals surface area contributed by atoms with E-state index in [1.165, 1.54) is 11.8 Å². The van der Waals surface area contributed by atoms with Gasteiger partial charge in [-0.05, 0) is 6.42 Å². The third kappa shape index (κ3) is 3.50. The lowest BCUT2D eigenvalue weighted by atomic mass is 9.99. The molecule has 1 atom stereocenters. The first-order valence-corrected chi connectivity index (χ1v) is 6.94. The summed E-state index contributed by atoms with van der Waals surface area (Å²) in [5, 5.41) is 2.21. The molecule has 98 valence electrons. The number of rotatable bonds is 6. The average molecular weight is 268 g/mol. The number of terminal acetylenes is 1. The Balaban J connectivity index is 2.60. The van der Waals surface area contributed by atoms with Gasteiger partial charge in [0.05, 0.1) is 5.75 Å². The summed E-state index contributed by atoms with van der Waals surface area (Å²) in [4.78, 5) is 36.2. The average Bonchev–Trinajstić information content (AvgIpc) is 2.33. The topological polar surface area (TPSA) is 66.5 Å². The van der Waals surface area contributed by atoms with E-state index in [-0.39, 0.29) is 6.54 Å². The normalized spacial score (nSPS) is 19.7. The molecular formula is C12H16N2O3S. The van der Waals surface area contributed by atoms with Crippen molar-refractivity contribution < 1.29 is 14.4 Å². The standard InChI is InChI=1S/C12H16N2O3S/c1-3-5-9-10(15)13-12(17)14(11(9)16)6-8-18-7-4-2/h2,9H,3,5-8H2,1H3,(H,13,15,17). The molecule has 0 aliphatic carbocycles. The van der Waals surface area contributed by atoms with E-state index in [4.69, 9.17) is 6.42 Å². The molecule has 0 aromatic heterocycles. The zero-order valence-electron chi connectivity index (χ0n) is 10.3. The number of hydrogen-bond acceptors (Lipinski definition) is 4. The molecule has 0 spiro atoms. The van der Waals surface area contributed by atoms with Gasteiger partial charge in [-0.15, -0.1) is 18.2 Å². The maximum Gasteiger partial charge on any atom is 0.330 e. The van der Waals surface area contributed by atoms with Crippen LogP contribution in [0.15, 0.2) is 0 Å². The summed E-state index contributed by atoms with van der Waals surface area (Å²) in [6.45, 7) is 2.18. The van der Waals surface area contributed by atoms with Crippen LogP contribution in [-0.4, -0.2) is 40.8 Å². The molecule has 0 bridgehead atoms. The quantitative estimate of drug-likeness (QED) is 0.440. The van der Waals surface area contributed by atoms with Crippen molar-refractivity contribution in [1.82, 2.24) is 10.2 Å². The number of barbiturate groups is 1. The third-order valence-electron chi connectivity index (χ3n) is 2.58. The highest BCUT2D eigenvalue weighted by atomic mass is 32.2. The third-order valence-corrected chi connectivity index (χ3v) is 3.42. The van der Waals surface area contributed by atoms with Gasteiger partial charge in [-0.2, -0.15) is 0 Å². The van der Waals surface area contributed by atoms with Crippen LogP contribution in [0.5, 0.6) is 0 Å². The fraction of sp³-hybridized carbons (Fsp3) is 0.583. The first-order valence-electron chi connectivity index (χ1n) is 5.79. The van der Waals surface area contributed by atoms with Crippen LogP contribution in [0.2, 0.25) is 0 Å². The summed E-state index contributed by atoms with van der Waals surface area (Å²) in [7, 11) is 0. The van der Waals surface area contributed by atoms with Gasteiger partial charge in [0.1, 0.15) is 5.92 Å². The van der Waals surface area contributed by atoms with Crippen LogP contribution < -0.4 is 5.32 Å². The molecule has 5 nitrogen and oxygen atoms in total. The lowest BCUT2D eigenvalue weighted by Crippen LogP contribution is -2.58. The molecule has 0 radical (unpaired) electrons. The summed E-state index contributed by atoms with van der Waals surface area (Å²) >= 11 is 1.47. The van der Waals surface area contributed by atoms with Crippen molar-refractivity contribution in [3.05, 3.63) is 0 Å². The number of nitrogens with zero attached hydrogens (tertiary/aromatic N) is 1. The van der Waals surface area contributed by atoms with E-state index in [1.54, 1.807) is 0 Å². The number of hydrogen-bond donors (Lipinski definition) is 1.